The minimum absolute atomic E-state index is 0.324. The zero-order valence-electron chi connectivity index (χ0n) is 7.15. The Bertz CT molecular complexity index is 81.6. The van der Waals surface area contributed by atoms with Gasteiger partial charge in [0.1, 0.15) is 12.3 Å². The van der Waals surface area contributed by atoms with Gasteiger partial charge in [0.25, 0.3) is 0 Å². The third kappa shape index (κ3) is 6.27. The van der Waals surface area contributed by atoms with E-state index in [1.165, 1.54) is 0 Å². The summed E-state index contributed by atoms with van der Waals surface area (Å²) in [5.74, 6) is 0. The van der Waals surface area contributed by atoms with Crippen molar-refractivity contribution in [3.05, 3.63) is 6.92 Å². The second kappa shape index (κ2) is 6.56. The standard InChI is InChI=1S/C9H17F2/c1-3-4-5-6-7-9(11)8(2)10/h8-9H,2-7H2,1H3. The summed E-state index contributed by atoms with van der Waals surface area (Å²) in [6.07, 6.45) is 1.45. The van der Waals surface area contributed by atoms with E-state index in [9.17, 15) is 8.78 Å². The number of alkyl halides is 2. The van der Waals surface area contributed by atoms with Crippen LogP contribution in [0.3, 0.4) is 0 Å². The quantitative estimate of drug-likeness (QED) is 0.526. The molecule has 0 aliphatic rings. The fourth-order valence-corrected chi connectivity index (χ4v) is 0.947. The maximum atomic E-state index is 12.5. The molecule has 0 aliphatic heterocycles. The molecule has 11 heavy (non-hydrogen) atoms. The van der Waals surface area contributed by atoms with Crippen LogP contribution in [-0.4, -0.2) is 12.3 Å². The summed E-state index contributed by atoms with van der Waals surface area (Å²) in [4.78, 5) is 0. The Balaban J connectivity index is 3.10. The third-order valence-corrected chi connectivity index (χ3v) is 1.73. The van der Waals surface area contributed by atoms with Gasteiger partial charge < -0.3 is 0 Å². The van der Waals surface area contributed by atoms with Crippen LogP contribution >= 0.6 is 0 Å². The Labute approximate surface area is 68.0 Å². The van der Waals surface area contributed by atoms with Gasteiger partial charge in [-0.15, -0.1) is 0 Å². The molecule has 1 radical (unpaired) electrons. The lowest BCUT2D eigenvalue weighted by atomic mass is 10.1. The summed E-state index contributed by atoms with van der Waals surface area (Å²) in [6.45, 7) is 5.09. The molecule has 0 nitrogen and oxygen atoms in total. The summed E-state index contributed by atoms with van der Waals surface area (Å²) in [5, 5.41) is 0. The minimum Gasteiger partial charge on any atom is -0.244 e. The van der Waals surface area contributed by atoms with Crippen LogP contribution in [0, 0.1) is 6.92 Å². The van der Waals surface area contributed by atoms with Crippen LogP contribution in [-0.2, 0) is 0 Å². The molecule has 0 aromatic carbocycles. The summed E-state index contributed by atoms with van der Waals surface area (Å²) in [6, 6.07) is 0. The molecule has 0 aliphatic carbocycles. The van der Waals surface area contributed by atoms with E-state index >= 15 is 0 Å². The van der Waals surface area contributed by atoms with Crippen LogP contribution in [0.4, 0.5) is 8.78 Å². The first-order valence-electron chi connectivity index (χ1n) is 4.29. The summed E-state index contributed by atoms with van der Waals surface area (Å²) >= 11 is 0. The maximum Gasteiger partial charge on any atom is 0.131 e. The van der Waals surface area contributed by atoms with Crippen molar-refractivity contribution in [1.29, 1.82) is 0 Å². The Hall–Kier alpha value is -0.140. The monoisotopic (exact) mass is 163 g/mol. The Morgan fingerprint density at radius 2 is 1.82 bits per heavy atom. The van der Waals surface area contributed by atoms with Crippen LogP contribution < -0.4 is 0 Å². The SMILES string of the molecule is [CH2]C(F)C(F)CCCCCC. The number of rotatable bonds is 6. The molecule has 0 heterocycles. The first kappa shape index (κ1) is 10.9. The second-order valence-corrected chi connectivity index (χ2v) is 2.88. The first-order chi connectivity index (χ1) is 5.18. The van der Waals surface area contributed by atoms with E-state index in [4.69, 9.17) is 0 Å². The molecule has 2 unspecified atom stereocenters. The number of hydrogen-bond donors (Lipinski definition) is 0. The van der Waals surface area contributed by atoms with E-state index < -0.39 is 12.3 Å². The lowest BCUT2D eigenvalue weighted by Crippen LogP contribution is -2.12. The predicted octanol–water partition coefficient (Wildman–Crippen LogP) is 3.47. The fraction of sp³-hybridized carbons (Fsp3) is 0.889. The van der Waals surface area contributed by atoms with Gasteiger partial charge in [0.15, 0.2) is 0 Å². The summed E-state index contributed by atoms with van der Waals surface area (Å²) < 4.78 is 24.6. The largest absolute Gasteiger partial charge is 0.244 e. The number of halogens is 2. The van der Waals surface area contributed by atoms with Crippen LogP contribution in [0.2, 0.25) is 0 Å². The highest BCUT2D eigenvalue weighted by molar-refractivity contribution is 4.69. The van der Waals surface area contributed by atoms with E-state index in [1.807, 2.05) is 0 Å². The average molecular weight is 163 g/mol. The van der Waals surface area contributed by atoms with Crippen molar-refractivity contribution < 1.29 is 8.78 Å². The van der Waals surface area contributed by atoms with Gasteiger partial charge in [-0.3, -0.25) is 0 Å². The Kier molecular flexibility index (Phi) is 6.48. The normalized spacial score (nSPS) is 16.4. The van der Waals surface area contributed by atoms with Crippen LogP contribution in [0.15, 0.2) is 0 Å². The molecule has 2 heteroatoms. The van der Waals surface area contributed by atoms with Gasteiger partial charge >= 0.3 is 0 Å². The van der Waals surface area contributed by atoms with Gasteiger partial charge in [-0.1, -0.05) is 32.6 Å². The van der Waals surface area contributed by atoms with Gasteiger partial charge in [0, 0.05) is 0 Å². The summed E-state index contributed by atoms with van der Waals surface area (Å²) in [5.41, 5.74) is 0. The molecule has 0 saturated heterocycles. The van der Waals surface area contributed by atoms with E-state index in [1.54, 1.807) is 0 Å². The lowest BCUT2D eigenvalue weighted by molar-refractivity contribution is 0.188. The van der Waals surface area contributed by atoms with E-state index in [-0.39, 0.29) is 0 Å². The molecule has 0 aromatic rings. The number of hydrogen-bond acceptors (Lipinski definition) is 0. The summed E-state index contributed by atoms with van der Waals surface area (Å²) in [7, 11) is 0. The topological polar surface area (TPSA) is 0 Å². The molecule has 0 spiro atoms. The molecule has 0 saturated carbocycles. The zero-order valence-corrected chi connectivity index (χ0v) is 7.15. The highest BCUT2D eigenvalue weighted by Gasteiger charge is 2.13. The van der Waals surface area contributed by atoms with Gasteiger partial charge in [0.05, 0.1) is 0 Å². The van der Waals surface area contributed by atoms with Crippen molar-refractivity contribution >= 4 is 0 Å². The number of unbranched alkanes of at least 4 members (excludes halogenated alkanes) is 3. The molecule has 0 N–H and O–H groups in total. The second-order valence-electron chi connectivity index (χ2n) is 2.88. The van der Waals surface area contributed by atoms with E-state index in [2.05, 4.69) is 13.8 Å². The molecule has 0 fully saturated rings. The fourth-order valence-electron chi connectivity index (χ4n) is 0.947. The molecular weight excluding hydrogens is 146 g/mol. The van der Waals surface area contributed by atoms with Crippen molar-refractivity contribution in [3.8, 4) is 0 Å². The van der Waals surface area contributed by atoms with Gasteiger partial charge in [-0.25, -0.2) is 8.78 Å². The van der Waals surface area contributed by atoms with Crippen molar-refractivity contribution in [2.75, 3.05) is 0 Å². The predicted molar refractivity (Wildman–Crippen MR) is 43.9 cm³/mol. The first-order valence-corrected chi connectivity index (χ1v) is 4.29. The van der Waals surface area contributed by atoms with Crippen molar-refractivity contribution in [3.63, 3.8) is 0 Å². The molecule has 0 aromatic heterocycles. The highest BCUT2D eigenvalue weighted by Crippen LogP contribution is 2.12. The molecule has 2 atom stereocenters. The van der Waals surface area contributed by atoms with E-state index in [0.717, 1.165) is 25.7 Å². The molecule has 0 amide bonds. The van der Waals surface area contributed by atoms with E-state index in [0.29, 0.717) is 6.42 Å². The molecular formula is C9H17F2. The minimum atomic E-state index is -1.54. The van der Waals surface area contributed by atoms with Gasteiger partial charge in [-0.05, 0) is 13.3 Å². The van der Waals surface area contributed by atoms with Crippen molar-refractivity contribution in [2.24, 2.45) is 0 Å². The highest BCUT2D eigenvalue weighted by atomic mass is 19.2. The van der Waals surface area contributed by atoms with Crippen molar-refractivity contribution in [1.82, 2.24) is 0 Å². The van der Waals surface area contributed by atoms with Crippen LogP contribution in [0.25, 0.3) is 0 Å². The lowest BCUT2D eigenvalue weighted by Gasteiger charge is -2.07. The van der Waals surface area contributed by atoms with Crippen LogP contribution in [0.5, 0.6) is 0 Å². The Morgan fingerprint density at radius 1 is 1.18 bits per heavy atom. The van der Waals surface area contributed by atoms with Crippen molar-refractivity contribution in [2.45, 2.75) is 51.4 Å². The molecule has 67 valence electrons. The molecule has 0 rings (SSSR count). The Morgan fingerprint density at radius 3 is 2.27 bits per heavy atom. The average Bonchev–Trinajstić information content (AvgIpc) is 1.97. The third-order valence-electron chi connectivity index (χ3n) is 1.73. The van der Waals surface area contributed by atoms with Gasteiger partial charge in [-0.2, -0.15) is 0 Å². The smallest absolute Gasteiger partial charge is 0.131 e. The van der Waals surface area contributed by atoms with Crippen LogP contribution in [0.1, 0.15) is 39.0 Å². The molecule has 0 bridgehead atoms. The zero-order chi connectivity index (χ0) is 8.69. The van der Waals surface area contributed by atoms with Gasteiger partial charge in [0.2, 0.25) is 0 Å². The maximum absolute atomic E-state index is 12.5.